The van der Waals surface area contributed by atoms with Gasteiger partial charge >= 0.3 is 5.97 Å². The number of hydrogen-bond donors (Lipinski definition) is 3. The summed E-state index contributed by atoms with van der Waals surface area (Å²) in [6.45, 7) is 2.01. The molecule has 1 amide bonds. The number of benzene rings is 1. The molecule has 21 heavy (non-hydrogen) atoms. The molecule has 1 saturated heterocycles. The van der Waals surface area contributed by atoms with E-state index in [1.54, 1.807) is 25.2 Å². The minimum Gasteiger partial charge on any atom is -0.478 e. The molecule has 1 unspecified atom stereocenters. The largest absolute Gasteiger partial charge is 0.478 e. The van der Waals surface area contributed by atoms with Crippen LogP contribution in [-0.2, 0) is 11.3 Å². The highest BCUT2D eigenvalue weighted by atomic mass is 16.4. The zero-order valence-electron chi connectivity index (χ0n) is 12.1. The first-order chi connectivity index (χ1) is 10.0. The topological polar surface area (TPSA) is 95.7 Å². The van der Waals surface area contributed by atoms with Gasteiger partial charge in [0.2, 0.25) is 5.91 Å². The third-order valence-electron chi connectivity index (χ3n) is 3.91. The number of nitrogens with one attached hydrogen (secondary N) is 1. The monoisotopic (exact) mass is 291 g/mol. The maximum atomic E-state index is 11.7. The van der Waals surface area contributed by atoms with Crippen LogP contribution in [0.25, 0.3) is 0 Å². The van der Waals surface area contributed by atoms with Crippen molar-refractivity contribution in [2.24, 2.45) is 5.92 Å². The van der Waals surface area contributed by atoms with Gasteiger partial charge in [0.25, 0.3) is 0 Å². The zero-order chi connectivity index (χ0) is 15.4. The average molecular weight is 291 g/mol. The Morgan fingerprint density at radius 2 is 2.24 bits per heavy atom. The van der Waals surface area contributed by atoms with Crippen LogP contribution in [0.3, 0.4) is 0 Å². The SMILES string of the molecule is CNC(=O)C1CCCN(Cc2cccc(N)c2C(=O)O)C1. The van der Waals surface area contributed by atoms with E-state index in [-0.39, 0.29) is 23.1 Å². The van der Waals surface area contributed by atoms with Gasteiger partial charge in [-0.15, -0.1) is 0 Å². The first-order valence-electron chi connectivity index (χ1n) is 7.07. The molecule has 6 heteroatoms. The minimum absolute atomic E-state index is 0.0295. The highest BCUT2D eigenvalue weighted by Gasteiger charge is 2.26. The first kappa shape index (κ1) is 15.3. The van der Waals surface area contributed by atoms with Crippen LogP contribution >= 0.6 is 0 Å². The van der Waals surface area contributed by atoms with Crippen molar-refractivity contribution in [3.8, 4) is 0 Å². The minimum atomic E-state index is -1.01. The van der Waals surface area contributed by atoms with E-state index >= 15 is 0 Å². The summed E-state index contributed by atoms with van der Waals surface area (Å²) in [6.07, 6.45) is 1.81. The molecule has 0 aliphatic carbocycles. The summed E-state index contributed by atoms with van der Waals surface area (Å²) in [5.74, 6) is -0.994. The van der Waals surface area contributed by atoms with Crippen LogP contribution in [-0.4, -0.2) is 42.0 Å². The van der Waals surface area contributed by atoms with Crippen molar-refractivity contribution in [1.29, 1.82) is 0 Å². The van der Waals surface area contributed by atoms with Gasteiger partial charge in [-0.3, -0.25) is 9.69 Å². The second-order valence-electron chi connectivity index (χ2n) is 5.38. The molecule has 1 fully saturated rings. The zero-order valence-corrected chi connectivity index (χ0v) is 12.1. The number of hydrogen-bond acceptors (Lipinski definition) is 4. The van der Waals surface area contributed by atoms with Crippen LogP contribution in [0.5, 0.6) is 0 Å². The molecule has 1 aliphatic heterocycles. The van der Waals surface area contributed by atoms with Gasteiger partial charge in [0.15, 0.2) is 0 Å². The van der Waals surface area contributed by atoms with Crippen LogP contribution in [0, 0.1) is 5.92 Å². The van der Waals surface area contributed by atoms with Gasteiger partial charge in [0.1, 0.15) is 0 Å². The maximum absolute atomic E-state index is 11.7. The summed E-state index contributed by atoms with van der Waals surface area (Å²) in [7, 11) is 1.64. The van der Waals surface area contributed by atoms with E-state index in [0.717, 1.165) is 19.4 Å². The fourth-order valence-electron chi connectivity index (χ4n) is 2.87. The predicted molar refractivity (Wildman–Crippen MR) is 79.9 cm³/mol. The van der Waals surface area contributed by atoms with E-state index in [1.807, 2.05) is 0 Å². The Hall–Kier alpha value is -2.08. The number of aromatic carboxylic acids is 1. The molecule has 1 aromatic carbocycles. The number of piperidine rings is 1. The lowest BCUT2D eigenvalue weighted by Gasteiger charge is -2.32. The van der Waals surface area contributed by atoms with Gasteiger partial charge in [-0.1, -0.05) is 12.1 Å². The number of rotatable bonds is 4. The second-order valence-corrected chi connectivity index (χ2v) is 5.38. The molecular weight excluding hydrogens is 270 g/mol. The van der Waals surface area contributed by atoms with Gasteiger partial charge in [-0.05, 0) is 31.0 Å². The molecule has 0 spiro atoms. The van der Waals surface area contributed by atoms with E-state index in [0.29, 0.717) is 18.7 Å². The highest BCUT2D eigenvalue weighted by molar-refractivity contribution is 5.95. The summed E-state index contributed by atoms with van der Waals surface area (Å²) < 4.78 is 0. The third-order valence-corrected chi connectivity index (χ3v) is 3.91. The average Bonchev–Trinajstić information content (AvgIpc) is 2.46. The van der Waals surface area contributed by atoms with Crippen molar-refractivity contribution < 1.29 is 14.7 Å². The Morgan fingerprint density at radius 1 is 1.48 bits per heavy atom. The summed E-state index contributed by atoms with van der Waals surface area (Å²) >= 11 is 0. The molecular formula is C15H21N3O3. The standard InChI is InChI=1S/C15H21N3O3/c1-17-14(19)11-5-3-7-18(9-11)8-10-4-2-6-12(16)13(10)15(20)21/h2,4,6,11H,3,5,7-9,16H2,1H3,(H,17,19)(H,20,21). The van der Waals surface area contributed by atoms with Crippen LogP contribution < -0.4 is 11.1 Å². The number of nitrogens with zero attached hydrogens (tertiary/aromatic N) is 1. The number of likely N-dealkylation sites (tertiary alicyclic amines) is 1. The van der Waals surface area contributed by atoms with Crippen molar-refractivity contribution in [3.05, 3.63) is 29.3 Å². The Balaban J connectivity index is 2.13. The molecule has 6 nitrogen and oxygen atoms in total. The number of carboxylic acid groups (broad SMARTS) is 1. The van der Waals surface area contributed by atoms with Crippen LogP contribution in [0.1, 0.15) is 28.8 Å². The number of carboxylic acids is 1. The molecule has 1 heterocycles. The van der Waals surface area contributed by atoms with Crippen molar-refractivity contribution in [2.75, 3.05) is 25.9 Å². The lowest BCUT2D eigenvalue weighted by molar-refractivity contribution is -0.126. The Morgan fingerprint density at radius 3 is 2.90 bits per heavy atom. The van der Waals surface area contributed by atoms with Gasteiger partial charge in [-0.25, -0.2) is 4.79 Å². The van der Waals surface area contributed by atoms with E-state index in [2.05, 4.69) is 10.2 Å². The van der Waals surface area contributed by atoms with E-state index in [4.69, 9.17) is 5.73 Å². The van der Waals surface area contributed by atoms with Crippen molar-refractivity contribution in [3.63, 3.8) is 0 Å². The Bertz CT molecular complexity index is 545. The number of amides is 1. The van der Waals surface area contributed by atoms with Crippen molar-refractivity contribution in [1.82, 2.24) is 10.2 Å². The van der Waals surface area contributed by atoms with Gasteiger partial charge in [-0.2, -0.15) is 0 Å². The molecule has 0 aromatic heterocycles. The normalized spacial score (nSPS) is 19.2. The lowest BCUT2D eigenvalue weighted by Crippen LogP contribution is -2.41. The van der Waals surface area contributed by atoms with Gasteiger partial charge < -0.3 is 16.2 Å². The molecule has 114 valence electrons. The van der Waals surface area contributed by atoms with E-state index in [9.17, 15) is 14.7 Å². The summed E-state index contributed by atoms with van der Waals surface area (Å²) in [5, 5.41) is 12.0. The number of nitrogen functional groups attached to an aromatic ring is 1. The molecule has 0 saturated carbocycles. The second kappa shape index (κ2) is 6.58. The number of carbonyl (C=O) groups excluding carboxylic acids is 1. The van der Waals surface area contributed by atoms with E-state index < -0.39 is 5.97 Å². The lowest BCUT2D eigenvalue weighted by atomic mass is 9.96. The van der Waals surface area contributed by atoms with Crippen LogP contribution in [0.4, 0.5) is 5.69 Å². The Kier molecular flexibility index (Phi) is 4.80. The van der Waals surface area contributed by atoms with E-state index in [1.165, 1.54) is 0 Å². The third kappa shape index (κ3) is 3.52. The summed E-state index contributed by atoms with van der Waals surface area (Å²) in [6, 6.07) is 5.14. The molecule has 0 bridgehead atoms. The molecule has 0 radical (unpaired) electrons. The van der Waals surface area contributed by atoms with Crippen LogP contribution in [0.2, 0.25) is 0 Å². The van der Waals surface area contributed by atoms with Gasteiger partial charge in [0.05, 0.1) is 11.5 Å². The molecule has 4 N–H and O–H groups in total. The molecule has 1 atom stereocenters. The fourth-order valence-corrected chi connectivity index (χ4v) is 2.87. The molecule has 2 rings (SSSR count). The molecule has 1 aromatic rings. The van der Waals surface area contributed by atoms with Crippen molar-refractivity contribution in [2.45, 2.75) is 19.4 Å². The van der Waals surface area contributed by atoms with Crippen molar-refractivity contribution >= 4 is 17.6 Å². The maximum Gasteiger partial charge on any atom is 0.338 e. The number of anilines is 1. The van der Waals surface area contributed by atoms with Crippen LogP contribution in [0.15, 0.2) is 18.2 Å². The highest BCUT2D eigenvalue weighted by Crippen LogP contribution is 2.22. The fraction of sp³-hybridized carbons (Fsp3) is 0.467. The number of carbonyl (C=O) groups is 2. The smallest absolute Gasteiger partial charge is 0.338 e. The molecule has 1 aliphatic rings. The Labute approximate surface area is 123 Å². The first-order valence-corrected chi connectivity index (χ1v) is 7.07. The quantitative estimate of drug-likeness (QED) is 0.717. The number of nitrogens with two attached hydrogens (primary N) is 1. The summed E-state index contributed by atoms with van der Waals surface area (Å²) in [5.41, 5.74) is 6.90. The summed E-state index contributed by atoms with van der Waals surface area (Å²) in [4.78, 5) is 25.2. The predicted octanol–water partition coefficient (Wildman–Crippen LogP) is 0.925. The van der Waals surface area contributed by atoms with Gasteiger partial charge in [0, 0.05) is 25.8 Å².